The molecular weight excluding hydrogens is 899 g/mol. The van der Waals surface area contributed by atoms with Gasteiger partial charge in [-0.15, -0.1) is 0 Å². The van der Waals surface area contributed by atoms with E-state index in [-0.39, 0.29) is 31.1 Å². The molecule has 0 bridgehead atoms. The van der Waals surface area contributed by atoms with Crippen LogP contribution in [0.3, 0.4) is 0 Å². The third-order valence-corrected chi connectivity index (χ3v) is 12.2. The Morgan fingerprint density at radius 3 is 2.10 bits per heavy atom. The Bertz CT molecular complexity index is 2970. The molecule has 19 nitrogen and oxygen atoms in total. The van der Waals surface area contributed by atoms with Crippen molar-refractivity contribution in [3.8, 4) is 11.5 Å². The molecular formula is C49H58F2N16O3. The number of H-pyrrole nitrogens is 4. The number of hydrogen-bond donors (Lipinski definition) is 7. The largest absolute Gasteiger partial charge is 0.468 e. The molecule has 70 heavy (non-hydrogen) atoms. The lowest BCUT2D eigenvalue weighted by molar-refractivity contribution is 0.00256. The molecule has 3 aliphatic rings. The lowest BCUT2D eigenvalue weighted by Crippen LogP contribution is -2.47. The normalized spacial score (nSPS) is 17.8. The summed E-state index contributed by atoms with van der Waals surface area (Å²) in [7, 11) is 2.08. The molecule has 0 radical (unpaired) electrons. The van der Waals surface area contributed by atoms with E-state index in [1.165, 1.54) is 0 Å². The van der Waals surface area contributed by atoms with E-state index in [1.54, 1.807) is 48.6 Å². The van der Waals surface area contributed by atoms with Gasteiger partial charge < -0.3 is 54.8 Å². The number of aliphatic imine (C=N–C) groups is 4. The topological polar surface area (TPSA) is 212 Å². The summed E-state index contributed by atoms with van der Waals surface area (Å²) in [6.45, 7) is 15.9. The van der Waals surface area contributed by atoms with Gasteiger partial charge in [-0.3, -0.25) is 10.2 Å². The number of nitrogens with zero attached hydrogens (tertiary/aromatic N) is 9. The van der Waals surface area contributed by atoms with E-state index in [9.17, 15) is 0 Å². The van der Waals surface area contributed by atoms with Gasteiger partial charge in [0, 0.05) is 104 Å². The molecule has 9 rings (SSSR count). The van der Waals surface area contributed by atoms with E-state index < -0.39 is 11.6 Å². The molecule has 0 spiro atoms. The molecule has 3 fully saturated rings. The standard InChI is InChI=1S/C49H58F2N16O3/c1-6-7-32-21-44(63-61-32)59-41(52-3)24-46(66-16-14-65(5)15-17-66)55-28-69-40-13-11-37-35(49(40)51)22-43(58-37)54-26-33-27-67(18-19-68-33)47(25-42(53-4)60-45-23-38(62-64-45)31-8-9-31)56-29-70-39-12-10-36-34(48(39)50)20-30(2)57-36/h6-7,10-13,20-25,31,33,54,57-58H,3-4,8-9,14-19,26-29H2,1-2,5H3,(H2,59,61,63)(H2,60,62,64)/b7-6-,41-24+,42-25+,55-46+,56-47+. The number of hydrogen-bond acceptors (Lipinski definition) is 13. The van der Waals surface area contributed by atoms with Gasteiger partial charge in [-0.2, -0.15) is 10.2 Å². The van der Waals surface area contributed by atoms with Crippen molar-refractivity contribution >= 4 is 70.4 Å². The van der Waals surface area contributed by atoms with Gasteiger partial charge >= 0.3 is 0 Å². The first-order valence-electron chi connectivity index (χ1n) is 23.2. The number of benzene rings is 2. The Labute approximate surface area is 403 Å². The highest BCUT2D eigenvalue weighted by Gasteiger charge is 2.27. The van der Waals surface area contributed by atoms with Crippen molar-refractivity contribution < 1.29 is 23.0 Å². The van der Waals surface area contributed by atoms with Crippen molar-refractivity contribution in [2.45, 2.75) is 38.7 Å². The number of aromatic nitrogens is 6. The molecule has 6 heterocycles. The molecule has 2 aliphatic heterocycles. The number of likely N-dealkylation sites (N-methyl/N-ethyl adjacent to an activating group) is 1. The molecule has 6 aromatic rings. The number of nitrogens with one attached hydrogen (secondary N) is 7. The average molecular weight is 957 g/mol. The number of anilines is 3. The molecule has 7 N–H and O–H groups in total. The van der Waals surface area contributed by atoms with Gasteiger partial charge in [0.15, 0.2) is 48.2 Å². The lowest BCUT2D eigenvalue weighted by atomic mass is 10.2. The number of morpholine rings is 1. The summed E-state index contributed by atoms with van der Waals surface area (Å²) in [6, 6.07) is 14.0. The van der Waals surface area contributed by atoms with Crippen LogP contribution in [0.25, 0.3) is 27.9 Å². The van der Waals surface area contributed by atoms with E-state index in [0.717, 1.165) is 56.1 Å². The predicted octanol–water partition coefficient (Wildman–Crippen LogP) is 7.43. The summed E-state index contributed by atoms with van der Waals surface area (Å²) in [6.07, 6.45) is 9.34. The summed E-state index contributed by atoms with van der Waals surface area (Å²) in [5.41, 5.74) is 4.03. The molecule has 1 atom stereocenters. The summed E-state index contributed by atoms with van der Waals surface area (Å²) in [5.74, 6) is 3.47. The van der Waals surface area contributed by atoms with Crippen molar-refractivity contribution in [3.05, 3.63) is 107 Å². The summed E-state index contributed by atoms with van der Waals surface area (Å²) < 4.78 is 49.6. The van der Waals surface area contributed by atoms with E-state index in [4.69, 9.17) is 24.2 Å². The van der Waals surface area contributed by atoms with Crippen LogP contribution in [0.15, 0.2) is 98.4 Å². The van der Waals surface area contributed by atoms with Crippen LogP contribution < -0.4 is 25.4 Å². The zero-order chi connectivity index (χ0) is 48.6. The monoisotopic (exact) mass is 956 g/mol. The fourth-order valence-corrected chi connectivity index (χ4v) is 8.29. The van der Waals surface area contributed by atoms with Crippen LogP contribution in [-0.2, 0) is 4.74 Å². The molecule has 1 saturated carbocycles. The number of aryl methyl sites for hydroxylation is 1. The van der Waals surface area contributed by atoms with Crippen LogP contribution in [0, 0.1) is 18.6 Å². The molecule has 0 amide bonds. The first-order chi connectivity index (χ1) is 34.1. The predicted molar refractivity (Wildman–Crippen MR) is 272 cm³/mol. The summed E-state index contributed by atoms with van der Waals surface area (Å²) in [4.78, 5) is 30.8. The van der Waals surface area contributed by atoms with Gasteiger partial charge in [0.25, 0.3) is 0 Å². The summed E-state index contributed by atoms with van der Waals surface area (Å²) in [5, 5.41) is 25.4. The van der Waals surface area contributed by atoms with Crippen molar-refractivity contribution in [1.29, 1.82) is 0 Å². The Morgan fingerprint density at radius 1 is 0.814 bits per heavy atom. The van der Waals surface area contributed by atoms with E-state index in [2.05, 4.69) is 91.5 Å². The molecule has 2 aromatic carbocycles. The molecule has 1 aliphatic carbocycles. The Kier molecular flexibility index (Phi) is 14.6. The van der Waals surface area contributed by atoms with Gasteiger partial charge in [0.05, 0.1) is 23.9 Å². The van der Waals surface area contributed by atoms with Crippen molar-refractivity contribution in [3.63, 3.8) is 0 Å². The van der Waals surface area contributed by atoms with Crippen molar-refractivity contribution in [2.75, 3.05) is 88.9 Å². The molecule has 4 aromatic heterocycles. The number of rotatable bonds is 19. The number of fused-ring (bicyclic) bond motifs is 2. The van der Waals surface area contributed by atoms with Crippen LogP contribution in [0.2, 0.25) is 0 Å². The highest BCUT2D eigenvalue weighted by Crippen LogP contribution is 2.39. The van der Waals surface area contributed by atoms with Gasteiger partial charge in [0.1, 0.15) is 29.1 Å². The fourth-order valence-electron chi connectivity index (χ4n) is 8.29. The quantitative estimate of drug-likeness (QED) is 0.0313. The van der Waals surface area contributed by atoms with Crippen LogP contribution in [0.5, 0.6) is 11.5 Å². The first kappa shape index (κ1) is 47.3. The number of allylic oxidation sites excluding steroid dienone is 1. The highest BCUT2D eigenvalue weighted by molar-refractivity contribution is 5.95. The minimum atomic E-state index is -0.518. The van der Waals surface area contributed by atoms with Gasteiger partial charge in [-0.05, 0) is 89.6 Å². The second-order valence-corrected chi connectivity index (χ2v) is 17.3. The maximum Gasteiger partial charge on any atom is 0.181 e. The summed E-state index contributed by atoms with van der Waals surface area (Å²) >= 11 is 0. The Morgan fingerprint density at radius 2 is 1.44 bits per heavy atom. The second-order valence-electron chi connectivity index (χ2n) is 17.3. The van der Waals surface area contributed by atoms with Crippen molar-refractivity contribution in [2.24, 2.45) is 20.0 Å². The van der Waals surface area contributed by atoms with Crippen LogP contribution in [-0.4, -0.2) is 149 Å². The van der Waals surface area contributed by atoms with E-state index >= 15 is 8.78 Å². The van der Waals surface area contributed by atoms with Crippen molar-refractivity contribution in [1.82, 2.24) is 45.1 Å². The van der Waals surface area contributed by atoms with Crippen LogP contribution in [0.4, 0.5) is 26.2 Å². The number of piperazine rings is 1. The number of ether oxygens (including phenoxy) is 3. The maximum atomic E-state index is 16.1. The number of amidine groups is 2. The maximum absolute atomic E-state index is 16.1. The zero-order valence-corrected chi connectivity index (χ0v) is 39.5. The third kappa shape index (κ3) is 11.6. The Hall–Kier alpha value is -7.78. The first-order valence-corrected chi connectivity index (χ1v) is 23.2. The van der Waals surface area contributed by atoms with Gasteiger partial charge in [-0.1, -0.05) is 6.08 Å². The van der Waals surface area contributed by atoms with Crippen LogP contribution in [0.1, 0.15) is 42.8 Å². The number of aromatic amines is 4. The minimum Gasteiger partial charge on any atom is -0.468 e. The molecule has 2 saturated heterocycles. The van der Waals surface area contributed by atoms with Gasteiger partial charge in [0.2, 0.25) is 0 Å². The van der Waals surface area contributed by atoms with Gasteiger partial charge in [-0.25, -0.2) is 28.8 Å². The average Bonchev–Trinajstić information content (AvgIpc) is 3.64. The zero-order valence-electron chi connectivity index (χ0n) is 39.5. The van der Waals surface area contributed by atoms with E-state index in [1.807, 2.05) is 38.1 Å². The SMILES string of the molecule is C=N/C(=C\C(=N/COc1ccc2[nH]c(NCC3CN(C(/C=C(\N=C)Nc4cc(C5CC5)[nH]n4)=N/COc4ccc5[nH]c(C)cc5c4F)CCO3)cc2c1F)N1CCN(C)CC1)Nc1cc(/C=C\C)[nH]n1. The lowest BCUT2D eigenvalue weighted by Gasteiger charge is -2.34. The minimum absolute atomic E-state index is 0.0632. The Balaban J connectivity index is 0.864. The van der Waals surface area contributed by atoms with Crippen LogP contribution >= 0.6 is 0 Å². The molecule has 1 unspecified atom stereocenters. The highest BCUT2D eigenvalue weighted by atomic mass is 19.1. The molecule has 21 heteroatoms. The fraction of sp³-hybridized carbons (Fsp3) is 0.347. The number of halogens is 2. The third-order valence-electron chi connectivity index (χ3n) is 12.2. The second kappa shape index (κ2) is 21.7. The van der Waals surface area contributed by atoms with E-state index in [0.29, 0.717) is 94.7 Å². The smallest absolute Gasteiger partial charge is 0.181 e. The molecule has 366 valence electrons.